The number of methoxy groups -OCH3 is 1. The van der Waals surface area contributed by atoms with Gasteiger partial charge >= 0.3 is 12.0 Å². The van der Waals surface area contributed by atoms with Crippen LogP contribution in [0.2, 0.25) is 0 Å². The van der Waals surface area contributed by atoms with Crippen molar-refractivity contribution in [3.05, 3.63) is 52.8 Å². The van der Waals surface area contributed by atoms with Gasteiger partial charge in [-0.2, -0.15) is 23.0 Å². The molecule has 2 atom stereocenters. The molecule has 1 N–H and O–H groups in total. The molecule has 3 aromatic rings. The SMILES string of the molecule is COC[C@@]1(C)CC(C#[N+]c2ncnc3[nH]c(C(F)(F)F)cc23)c2ccccc2O1. The van der Waals surface area contributed by atoms with Crippen LogP contribution < -0.4 is 4.74 Å². The van der Waals surface area contributed by atoms with Crippen molar-refractivity contribution in [2.24, 2.45) is 0 Å². The first-order valence-corrected chi connectivity index (χ1v) is 8.93. The lowest BCUT2D eigenvalue weighted by Gasteiger charge is -2.36. The molecule has 1 unspecified atom stereocenters. The van der Waals surface area contributed by atoms with Crippen molar-refractivity contribution in [3.63, 3.8) is 0 Å². The Morgan fingerprint density at radius 1 is 1.34 bits per heavy atom. The Morgan fingerprint density at radius 2 is 2.14 bits per heavy atom. The Balaban J connectivity index is 1.74. The highest BCUT2D eigenvalue weighted by atomic mass is 19.4. The van der Waals surface area contributed by atoms with Gasteiger partial charge in [-0.15, -0.1) is 0 Å². The van der Waals surface area contributed by atoms with Crippen LogP contribution in [0.3, 0.4) is 0 Å². The highest BCUT2D eigenvalue weighted by Gasteiger charge is 2.38. The first kappa shape index (κ1) is 19.2. The van der Waals surface area contributed by atoms with E-state index in [9.17, 15) is 13.2 Å². The van der Waals surface area contributed by atoms with Crippen molar-refractivity contribution in [3.8, 4) is 11.8 Å². The van der Waals surface area contributed by atoms with Crippen LogP contribution in [0, 0.1) is 6.07 Å². The molecular formula is C20H18F3N4O2+. The Labute approximate surface area is 164 Å². The minimum atomic E-state index is -4.51. The van der Waals surface area contributed by atoms with E-state index in [0.29, 0.717) is 18.8 Å². The molecule has 2 aromatic heterocycles. The van der Waals surface area contributed by atoms with Gasteiger partial charge < -0.3 is 14.5 Å². The lowest BCUT2D eigenvalue weighted by Crippen LogP contribution is -2.41. The number of nitrogens with zero attached hydrogens (tertiary/aromatic N) is 3. The lowest BCUT2D eigenvalue weighted by atomic mass is 9.84. The number of aromatic amines is 1. The van der Waals surface area contributed by atoms with Crippen molar-refractivity contribution in [2.75, 3.05) is 13.7 Å². The fraction of sp³-hybridized carbons (Fsp3) is 0.350. The van der Waals surface area contributed by atoms with Crippen LogP contribution in [0.15, 0.2) is 36.7 Å². The molecule has 0 spiro atoms. The molecule has 0 saturated heterocycles. The molecule has 150 valence electrons. The van der Waals surface area contributed by atoms with Crippen LogP contribution in [0.1, 0.15) is 30.5 Å². The summed E-state index contributed by atoms with van der Waals surface area (Å²) in [6.45, 7) is 2.32. The minimum absolute atomic E-state index is 0.0736. The zero-order chi connectivity index (χ0) is 20.6. The maximum Gasteiger partial charge on any atom is 0.438 e. The van der Waals surface area contributed by atoms with Crippen molar-refractivity contribution in [1.82, 2.24) is 15.0 Å². The van der Waals surface area contributed by atoms with Crippen LogP contribution in [0.4, 0.5) is 19.0 Å². The van der Waals surface area contributed by atoms with E-state index in [-0.39, 0.29) is 22.8 Å². The number of benzene rings is 1. The van der Waals surface area contributed by atoms with Crippen LogP contribution in [-0.2, 0) is 10.9 Å². The van der Waals surface area contributed by atoms with Gasteiger partial charge in [-0.25, -0.2) is 0 Å². The number of para-hydroxylation sites is 1. The molecule has 4 rings (SSSR count). The van der Waals surface area contributed by atoms with Crippen LogP contribution in [0.25, 0.3) is 15.9 Å². The number of hydrogen-bond donors (Lipinski definition) is 1. The van der Waals surface area contributed by atoms with Crippen molar-refractivity contribution < 1.29 is 22.6 Å². The van der Waals surface area contributed by atoms with Crippen molar-refractivity contribution in [2.45, 2.75) is 31.0 Å². The van der Waals surface area contributed by atoms with Crippen LogP contribution in [0.5, 0.6) is 5.75 Å². The zero-order valence-electron chi connectivity index (χ0n) is 15.7. The summed E-state index contributed by atoms with van der Waals surface area (Å²) in [5.41, 5.74) is -0.493. The van der Waals surface area contributed by atoms with Gasteiger partial charge in [0.15, 0.2) is 11.7 Å². The predicted molar refractivity (Wildman–Crippen MR) is 101 cm³/mol. The summed E-state index contributed by atoms with van der Waals surface area (Å²) in [5.74, 6) is 0.602. The highest BCUT2D eigenvalue weighted by molar-refractivity contribution is 5.88. The third-order valence-electron chi connectivity index (χ3n) is 4.77. The van der Waals surface area contributed by atoms with E-state index in [0.717, 1.165) is 11.6 Å². The van der Waals surface area contributed by atoms with E-state index in [4.69, 9.17) is 9.47 Å². The minimum Gasteiger partial charge on any atom is -0.485 e. The van der Waals surface area contributed by atoms with Gasteiger partial charge in [-0.3, -0.25) is 0 Å². The van der Waals surface area contributed by atoms with Gasteiger partial charge in [0, 0.05) is 19.1 Å². The van der Waals surface area contributed by atoms with E-state index >= 15 is 0 Å². The maximum atomic E-state index is 13.0. The van der Waals surface area contributed by atoms with E-state index in [1.165, 1.54) is 6.33 Å². The molecule has 9 heteroatoms. The van der Waals surface area contributed by atoms with Gasteiger partial charge in [0.05, 0.1) is 6.61 Å². The maximum absolute atomic E-state index is 13.0. The Hall–Kier alpha value is -3.12. The molecule has 0 aliphatic carbocycles. The Bertz CT molecular complexity index is 1120. The fourth-order valence-electron chi connectivity index (χ4n) is 3.53. The molecule has 0 saturated carbocycles. The molecular weight excluding hydrogens is 385 g/mol. The lowest BCUT2D eigenvalue weighted by molar-refractivity contribution is -0.140. The number of aromatic nitrogens is 3. The number of ether oxygens (including phenoxy) is 2. The number of rotatable bonds is 2. The van der Waals surface area contributed by atoms with E-state index < -0.39 is 17.5 Å². The standard InChI is InChI=1S/C20H18F3N4O2/c1-19(10-28-2)8-12(13-5-3-4-6-15(13)29-19)9-24-17-14-7-16(20(21,22)23)27-18(14)26-11-25-17/h3-7,11-12H,8,10H2,1-2H3,(H,25,26,27)/q+1/t12?,19-/m1/s1. The van der Waals surface area contributed by atoms with Crippen molar-refractivity contribution in [1.29, 1.82) is 0 Å². The molecule has 29 heavy (non-hydrogen) atoms. The number of alkyl halides is 3. The summed E-state index contributed by atoms with van der Waals surface area (Å²) in [7, 11) is 1.60. The summed E-state index contributed by atoms with van der Waals surface area (Å²) >= 11 is 0. The summed E-state index contributed by atoms with van der Waals surface area (Å²) in [6.07, 6.45) is -2.78. The summed E-state index contributed by atoms with van der Waals surface area (Å²) in [5, 5.41) is 0.187. The average molecular weight is 403 g/mol. The fourth-order valence-corrected chi connectivity index (χ4v) is 3.53. The smallest absolute Gasteiger partial charge is 0.438 e. The second kappa shape index (κ2) is 7.04. The molecule has 0 amide bonds. The molecule has 1 aliphatic rings. The van der Waals surface area contributed by atoms with Gasteiger partial charge in [0.2, 0.25) is 6.33 Å². The normalized spacial score (nSPS) is 21.2. The monoisotopic (exact) mass is 403 g/mol. The van der Waals surface area contributed by atoms with E-state index in [1.54, 1.807) is 7.11 Å². The predicted octanol–water partition coefficient (Wildman–Crippen LogP) is 4.91. The van der Waals surface area contributed by atoms with Gasteiger partial charge in [0.25, 0.3) is 0 Å². The highest BCUT2D eigenvalue weighted by Crippen LogP contribution is 2.41. The van der Waals surface area contributed by atoms with Gasteiger partial charge in [0.1, 0.15) is 28.3 Å². The molecule has 3 heterocycles. The van der Waals surface area contributed by atoms with Gasteiger partial charge in [-0.1, -0.05) is 18.2 Å². The summed E-state index contributed by atoms with van der Waals surface area (Å²) in [4.78, 5) is 14.4. The average Bonchev–Trinajstić information content (AvgIpc) is 3.11. The summed E-state index contributed by atoms with van der Waals surface area (Å²) in [6, 6.07) is 11.6. The van der Waals surface area contributed by atoms with E-state index in [2.05, 4.69) is 25.9 Å². The Morgan fingerprint density at radius 3 is 2.90 bits per heavy atom. The molecule has 1 aromatic carbocycles. The molecule has 0 fully saturated rings. The van der Waals surface area contributed by atoms with Gasteiger partial charge in [-0.05, 0) is 24.0 Å². The molecule has 1 aliphatic heterocycles. The van der Waals surface area contributed by atoms with Crippen LogP contribution >= 0.6 is 0 Å². The first-order valence-electron chi connectivity index (χ1n) is 8.93. The molecule has 0 radical (unpaired) electrons. The van der Waals surface area contributed by atoms with Crippen LogP contribution in [-0.4, -0.2) is 34.3 Å². The number of nitrogens with one attached hydrogen (secondary N) is 1. The number of fused-ring (bicyclic) bond motifs is 2. The second-order valence-electron chi connectivity index (χ2n) is 7.16. The second-order valence-corrected chi connectivity index (χ2v) is 7.16. The summed E-state index contributed by atoms with van der Waals surface area (Å²) < 4.78 is 50.4. The molecule has 6 nitrogen and oxygen atoms in total. The zero-order valence-corrected chi connectivity index (χ0v) is 15.7. The quantitative estimate of drug-likeness (QED) is 0.660. The largest absolute Gasteiger partial charge is 0.485 e. The first-order chi connectivity index (χ1) is 13.8. The molecule has 0 bridgehead atoms. The third-order valence-corrected chi connectivity index (χ3v) is 4.77. The Kier molecular flexibility index (Phi) is 4.67. The topological polar surface area (TPSA) is 64.4 Å². The number of halogens is 3. The number of hydrogen-bond acceptors (Lipinski definition) is 4. The third kappa shape index (κ3) is 3.76. The van der Waals surface area contributed by atoms with Crippen molar-refractivity contribution >= 4 is 16.9 Å². The van der Waals surface area contributed by atoms with E-state index in [1.807, 2.05) is 31.2 Å². The number of H-pyrrole nitrogens is 1.